The maximum absolute atomic E-state index is 6.15. The normalized spacial score (nSPS) is 19.8. The van der Waals surface area contributed by atoms with E-state index in [4.69, 9.17) is 23.2 Å². The van der Waals surface area contributed by atoms with Crippen LogP contribution in [0.5, 0.6) is 0 Å². The van der Waals surface area contributed by atoms with E-state index in [9.17, 15) is 0 Å². The second-order valence-electron chi connectivity index (χ2n) is 4.54. The van der Waals surface area contributed by atoms with Crippen LogP contribution in [0.1, 0.15) is 26.2 Å². The molecule has 1 aliphatic heterocycles. The first-order valence-electron chi connectivity index (χ1n) is 6.38. The Morgan fingerprint density at radius 3 is 2.94 bits per heavy atom. The average Bonchev–Trinajstić information content (AvgIpc) is 2.40. The largest absolute Gasteiger partial charge is 0.365 e. The van der Waals surface area contributed by atoms with Crippen molar-refractivity contribution in [2.24, 2.45) is 0 Å². The average molecular weight is 289 g/mol. The maximum atomic E-state index is 6.15. The summed E-state index contributed by atoms with van der Waals surface area (Å²) in [7, 11) is 0. The number of piperidine rings is 1. The standard InChI is InChI=1S/C12H18Cl2N4/c1-2-6-18(9-4-3-5-15-8-9)10-7-11(13)16-17-12(10)14/h7,9,15H,2-6,8H2,1H3. The Hall–Kier alpha value is -0.580. The Morgan fingerprint density at radius 2 is 2.28 bits per heavy atom. The number of hydrogen-bond acceptors (Lipinski definition) is 4. The van der Waals surface area contributed by atoms with Crippen LogP contribution in [0.25, 0.3) is 0 Å². The summed E-state index contributed by atoms with van der Waals surface area (Å²) in [5.41, 5.74) is 0.896. The molecule has 1 aromatic rings. The molecule has 0 aliphatic carbocycles. The zero-order valence-electron chi connectivity index (χ0n) is 10.5. The molecule has 1 aromatic heterocycles. The second kappa shape index (κ2) is 6.55. The Kier molecular flexibility index (Phi) is 5.03. The number of rotatable bonds is 4. The summed E-state index contributed by atoms with van der Waals surface area (Å²) >= 11 is 12.1. The molecule has 6 heteroatoms. The highest BCUT2D eigenvalue weighted by Crippen LogP contribution is 2.28. The first kappa shape index (κ1) is 13.8. The van der Waals surface area contributed by atoms with Crippen LogP contribution in [0.3, 0.4) is 0 Å². The van der Waals surface area contributed by atoms with Gasteiger partial charge in [-0.05, 0) is 25.8 Å². The lowest BCUT2D eigenvalue weighted by Gasteiger charge is -2.36. The van der Waals surface area contributed by atoms with Gasteiger partial charge in [-0.25, -0.2) is 0 Å². The molecule has 1 saturated heterocycles. The molecule has 2 rings (SSSR count). The molecule has 0 saturated carbocycles. The quantitative estimate of drug-likeness (QED) is 0.925. The molecule has 2 heterocycles. The second-order valence-corrected chi connectivity index (χ2v) is 5.28. The third-order valence-electron chi connectivity index (χ3n) is 3.19. The highest BCUT2D eigenvalue weighted by atomic mass is 35.5. The van der Waals surface area contributed by atoms with Gasteiger partial charge in [-0.2, -0.15) is 0 Å². The van der Waals surface area contributed by atoms with Crippen molar-refractivity contribution in [2.45, 2.75) is 32.2 Å². The minimum Gasteiger partial charge on any atom is -0.365 e. The smallest absolute Gasteiger partial charge is 0.175 e. The molecule has 1 aliphatic rings. The van der Waals surface area contributed by atoms with Crippen LogP contribution >= 0.6 is 23.2 Å². The lowest BCUT2D eigenvalue weighted by Crippen LogP contribution is -2.46. The molecular weight excluding hydrogens is 271 g/mol. The van der Waals surface area contributed by atoms with Gasteiger partial charge in [-0.1, -0.05) is 30.1 Å². The van der Waals surface area contributed by atoms with Gasteiger partial charge in [0, 0.05) is 25.2 Å². The van der Waals surface area contributed by atoms with E-state index in [2.05, 4.69) is 27.3 Å². The molecule has 0 aromatic carbocycles. The summed E-state index contributed by atoms with van der Waals surface area (Å²) in [4.78, 5) is 2.30. The lowest BCUT2D eigenvalue weighted by atomic mass is 10.1. The summed E-state index contributed by atoms with van der Waals surface area (Å²) < 4.78 is 0. The van der Waals surface area contributed by atoms with Crippen molar-refractivity contribution >= 4 is 28.9 Å². The molecule has 1 fully saturated rings. The van der Waals surface area contributed by atoms with Gasteiger partial charge in [0.05, 0.1) is 5.69 Å². The van der Waals surface area contributed by atoms with E-state index in [-0.39, 0.29) is 0 Å². The molecule has 1 N–H and O–H groups in total. The third kappa shape index (κ3) is 3.25. The molecule has 4 nitrogen and oxygen atoms in total. The van der Waals surface area contributed by atoms with Gasteiger partial charge < -0.3 is 10.2 Å². The maximum Gasteiger partial charge on any atom is 0.175 e. The first-order chi connectivity index (χ1) is 8.72. The molecule has 18 heavy (non-hydrogen) atoms. The van der Waals surface area contributed by atoms with Gasteiger partial charge in [0.15, 0.2) is 10.3 Å². The van der Waals surface area contributed by atoms with E-state index in [0.29, 0.717) is 16.3 Å². The minimum atomic E-state index is 0.388. The van der Waals surface area contributed by atoms with Crippen molar-refractivity contribution in [3.05, 3.63) is 16.4 Å². The van der Waals surface area contributed by atoms with Crippen LogP contribution in [0.2, 0.25) is 10.3 Å². The van der Waals surface area contributed by atoms with Crippen molar-refractivity contribution in [2.75, 3.05) is 24.5 Å². The Bertz CT molecular complexity index is 394. The number of halogens is 2. The third-order valence-corrected chi connectivity index (χ3v) is 3.64. The van der Waals surface area contributed by atoms with Gasteiger partial charge in [0.25, 0.3) is 0 Å². The van der Waals surface area contributed by atoms with Crippen LogP contribution in [0.4, 0.5) is 5.69 Å². The van der Waals surface area contributed by atoms with Gasteiger partial charge >= 0.3 is 0 Å². The Labute approximate surface area is 118 Å². The van der Waals surface area contributed by atoms with E-state index in [0.717, 1.165) is 31.7 Å². The summed E-state index contributed by atoms with van der Waals surface area (Å²) in [5.74, 6) is 0. The fourth-order valence-corrected chi connectivity index (χ4v) is 2.73. The number of nitrogens with zero attached hydrogens (tertiary/aromatic N) is 3. The summed E-state index contributed by atoms with van der Waals surface area (Å²) in [6.07, 6.45) is 3.42. The van der Waals surface area contributed by atoms with Crippen molar-refractivity contribution in [3.63, 3.8) is 0 Å². The summed E-state index contributed by atoms with van der Waals surface area (Å²) in [6, 6.07) is 2.26. The van der Waals surface area contributed by atoms with Gasteiger partial charge in [-0.15, -0.1) is 10.2 Å². The molecule has 0 amide bonds. The molecule has 1 atom stereocenters. The van der Waals surface area contributed by atoms with Crippen molar-refractivity contribution < 1.29 is 0 Å². The Balaban J connectivity index is 2.24. The van der Waals surface area contributed by atoms with Gasteiger partial charge in [0.1, 0.15) is 0 Å². The fraction of sp³-hybridized carbons (Fsp3) is 0.667. The number of aromatic nitrogens is 2. The van der Waals surface area contributed by atoms with E-state index in [1.165, 1.54) is 12.8 Å². The van der Waals surface area contributed by atoms with Crippen LogP contribution in [-0.2, 0) is 0 Å². The molecule has 100 valence electrons. The highest BCUT2D eigenvalue weighted by molar-refractivity contribution is 6.33. The van der Waals surface area contributed by atoms with Crippen molar-refractivity contribution in [3.8, 4) is 0 Å². The van der Waals surface area contributed by atoms with Crippen LogP contribution < -0.4 is 10.2 Å². The van der Waals surface area contributed by atoms with E-state index in [1.54, 1.807) is 6.07 Å². The summed E-state index contributed by atoms with van der Waals surface area (Å²) in [6.45, 7) is 5.19. The lowest BCUT2D eigenvalue weighted by molar-refractivity contribution is 0.430. The summed E-state index contributed by atoms with van der Waals surface area (Å²) in [5, 5.41) is 11.9. The van der Waals surface area contributed by atoms with Crippen LogP contribution in [0.15, 0.2) is 6.07 Å². The molecule has 0 spiro atoms. The van der Waals surface area contributed by atoms with Crippen LogP contribution in [-0.4, -0.2) is 35.9 Å². The predicted molar refractivity (Wildman–Crippen MR) is 75.6 cm³/mol. The van der Waals surface area contributed by atoms with E-state index < -0.39 is 0 Å². The van der Waals surface area contributed by atoms with Gasteiger partial charge in [-0.3, -0.25) is 0 Å². The van der Waals surface area contributed by atoms with Crippen molar-refractivity contribution in [1.82, 2.24) is 15.5 Å². The molecule has 1 unspecified atom stereocenters. The molecule has 0 radical (unpaired) electrons. The number of hydrogen-bond donors (Lipinski definition) is 1. The molecule has 0 bridgehead atoms. The zero-order valence-corrected chi connectivity index (χ0v) is 12.0. The predicted octanol–water partition coefficient (Wildman–Crippen LogP) is 2.75. The highest BCUT2D eigenvalue weighted by Gasteiger charge is 2.23. The van der Waals surface area contributed by atoms with Crippen LogP contribution in [0, 0.1) is 0 Å². The Morgan fingerprint density at radius 1 is 1.44 bits per heavy atom. The number of nitrogens with one attached hydrogen (secondary N) is 1. The topological polar surface area (TPSA) is 41.1 Å². The fourth-order valence-electron chi connectivity index (χ4n) is 2.39. The molecular formula is C12H18Cl2N4. The first-order valence-corrected chi connectivity index (χ1v) is 7.14. The van der Waals surface area contributed by atoms with E-state index >= 15 is 0 Å². The SMILES string of the molecule is CCCN(c1cc(Cl)nnc1Cl)C1CCCNC1. The van der Waals surface area contributed by atoms with E-state index in [1.807, 2.05) is 0 Å². The minimum absolute atomic E-state index is 0.388. The number of anilines is 1. The van der Waals surface area contributed by atoms with Crippen molar-refractivity contribution in [1.29, 1.82) is 0 Å². The monoisotopic (exact) mass is 288 g/mol. The zero-order chi connectivity index (χ0) is 13.0. The van der Waals surface area contributed by atoms with Gasteiger partial charge in [0.2, 0.25) is 0 Å².